The summed E-state index contributed by atoms with van der Waals surface area (Å²) < 4.78 is 0. The second kappa shape index (κ2) is 6.64. The Labute approximate surface area is 138 Å². The summed E-state index contributed by atoms with van der Waals surface area (Å²) in [4.78, 5) is 32.3. The zero-order chi connectivity index (χ0) is 15.5. The zero-order valence-electron chi connectivity index (χ0n) is 11.7. The van der Waals surface area contributed by atoms with Gasteiger partial charge < -0.3 is 10.3 Å². The molecule has 114 valence electrons. The minimum Gasteiger partial charge on any atom is -0.356 e. The van der Waals surface area contributed by atoms with Gasteiger partial charge in [0.15, 0.2) is 5.16 Å². The number of rotatable bonds is 5. The van der Waals surface area contributed by atoms with Gasteiger partial charge in [0.2, 0.25) is 5.91 Å². The monoisotopic (exact) mass is 351 g/mol. The molecule has 0 fully saturated rings. The smallest absolute Gasteiger partial charge is 0.260 e. The van der Waals surface area contributed by atoms with Crippen LogP contribution in [-0.4, -0.2) is 28.2 Å². The number of H-pyrrole nitrogens is 1. The van der Waals surface area contributed by atoms with E-state index in [1.165, 1.54) is 30.0 Å². The normalized spacial score (nSPS) is 11.0. The van der Waals surface area contributed by atoms with Gasteiger partial charge in [0.1, 0.15) is 4.83 Å². The number of aromatic nitrogens is 2. The number of hydrogen-bond acceptors (Lipinski definition) is 6. The number of carbonyl (C=O) groups excluding carboxylic acids is 1. The first-order valence-corrected chi connectivity index (χ1v) is 9.32. The van der Waals surface area contributed by atoms with Crippen molar-refractivity contribution in [2.75, 3.05) is 12.3 Å². The SMILES string of the molecule is CC(=O)NCCSc1nc2scc(-c3cccs3)c2c(=O)[nH]1. The molecule has 0 saturated heterocycles. The van der Waals surface area contributed by atoms with Crippen LogP contribution in [0.5, 0.6) is 0 Å². The van der Waals surface area contributed by atoms with Gasteiger partial charge in [0, 0.05) is 35.0 Å². The molecule has 0 unspecified atom stereocenters. The van der Waals surface area contributed by atoms with Crippen LogP contribution in [0.4, 0.5) is 0 Å². The van der Waals surface area contributed by atoms with Crippen molar-refractivity contribution in [3.05, 3.63) is 33.2 Å². The van der Waals surface area contributed by atoms with Gasteiger partial charge in [-0.3, -0.25) is 9.59 Å². The molecule has 0 atom stereocenters. The van der Waals surface area contributed by atoms with E-state index in [-0.39, 0.29) is 11.5 Å². The van der Waals surface area contributed by atoms with Crippen LogP contribution in [0.25, 0.3) is 20.7 Å². The lowest BCUT2D eigenvalue weighted by molar-refractivity contribution is -0.118. The number of aromatic amines is 1. The van der Waals surface area contributed by atoms with Crippen LogP contribution in [0.2, 0.25) is 0 Å². The summed E-state index contributed by atoms with van der Waals surface area (Å²) in [6, 6.07) is 3.97. The van der Waals surface area contributed by atoms with Gasteiger partial charge in [0.05, 0.1) is 5.39 Å². The van der Waals surface area contributed by atoms with Crippen molar-refractivity contribution >= 4 is 50.6 Å². The van der Waals surface area contributed by atoms with Gasteiger partial charge >= 0.3 is 0 Å². The van der Waals surface area contributed by atoms with Crippen molar-refractivity contribution in [3.8, 4) is 10.4 Å². The molecule has 0 saturated carbocycles. The van der Waals surface area contributed by atoms with Crippen molar-refractivity contribution in [1.29, 1.82) is 0 Å². The maximum absolute atomic E-state index is 12.4. The first-order valence-electron chi connectivity index (χ1n) is 6.58. The van der Waals surface area contributed by atoms with E-state index >= 15 is 0 Å². The molecule has 3 aromatic heterocycles. The Kier molecular flexibility index (Phi) is 4.60. The van der Waals surface area contributed by atoms with Gasteiger partial charge in [-0.15, -0.1) is 22.7 Å². The van der Waals surface area contributed by atoms with E-state index in [0.29, 0.717) is 22.8 Å². The number of fused-ring (bicyclic) bond motifs is 1. The average molecular weight is 351 g/mol. The van der Waals surface area contributed by atoms with Crippen molar-refractivity contribution < 1.29 is 4.79 Å². The fraction of sp³-hybridized carbons (Fsp3) is 0.214. The van der Waals surface area contributed by atoms with Crippen molar-refractivity contribution in [3.63, 3.8) is 0 Å². The van der Waals surface area contributed by atoms with Crippen LogP contribution in [0.3, 0.4) is 0 Å². The number of carbonyl (C=O) groups is 1. The molecule has 22 heavy (non-hydrogen) atoms. The Bertz CT molecular complexity index is 852. The lowest BCUT2D eigenvalue weighted by Crippen LogP contribution is -2.22. The minimum atomic E-state index is -0.114. The molecule has 0 aliphatic rings. The van der Waals surface area contributed by atoms with E-state index in [0.717, 1.165) is 15.3 Å². The Hall–Kier alpha value is -1.64. The fourth-order valence-corrected chi connectivity index (χ4v) is 4.52. The lowest BCUT2D eigenvalue weighted by Gasteiger charge is -2.02. The largest absolute Gasteiger partial charge is 0.356 e. The Balaban J connectivity index is 1.85. The summed E-state index contributed by atoms with van der Waals surface area (Å²) in [7, 11) is 0. The zero-order valence-corrected chi connectivity index (χ0v) is 14.2. The van der Waals surface area contributed by atoms with Crippen LogP contribution >= 0.6 is 34.4 Å². The van der Waals surface area contributed by atoms with Crippen molar-refractivity contribution in [1.82, 2.24) is 15.3 Å². The summed E-state index contributed by atoms with van der Waals surface area (Å²) in [5.74, 6) is 0.605. The Morgan fingerprint density at radius 2 is 2.32 bits per heavy atom. The average Bonchev–Trinajstić information content (AvgIpc) is 3.11. The highest BCUT2D eigenvalue weighted by Gasteiger charge is 2.13. The molecule has 0 aromatic carbocycles. The highest BCUT2D eigenvalue weighted by atomic mass is 32.2. The molecule has 0 spiro atoms. The Morgan fingerprint density at radius 3 is 3.05 bits per heavy atom. The number of thioether (sulfide) groups is 1. The molecule has 0 radical (unpaired) electrons. The third-order valence-electron chi connectivity index (χ3n) is 2.92. The molecule has 3 heterocycles. The molecule has 0 aliphatic carbocycles. The van der Waals surface area contributed by atoms with Crippen LogP contribution < -0.4 is 10.9 Å². The van der Waals surface area contributed by atoms with E-state index < -0.39 is 0 Å². The van der Waals surface area contributed by atoms with Crippen LogP contribution in [-0.2, 0) is 4.79 Å². The molecule has 5 nitrogen and oxygen atoms in total. The Morgan fingerprint density at radius 1 is 1.45 bits per heavy atom. The van der Waals surface area contributed by atoms with Crippen molar-refractivity contribution in [2.45, 2.75) is 12.1 Å². The quantitative estimate of drug-likeness (QED) is 0.421. The predicted octanol–water partition coefficient (Wildman–Crippen LogP) is 2.94. The standard InChI is InChI=1S/C14H13N3O2S3/c1-8(18)15-4-6-21-14-16-12(19)11-9(7-22-13(11)17-14)10-3-2-5-20-10/h2-3,5,7H,4,6H2,1H3,(H,15,18)(H,16,17,19). The summed E-state index contributed by atoms with van der Waals surface area (Å²) in [6.07, 6.45) is 0. The number of thiophene rings is 2. The maximum atomic E-state index is 12.4. The van der Waals surface area contributed by atoms with Gasteiger partial charge in [-0.2, -0.15) is 0 Å². The molecular formula is C14H13N3O2S3. The number of nitrogens with zero attached hydrogens (tertiary/aromatic N) is 1. The molecule has 8 heteroatoms. The number of hydrogen-bond donors (Lipinski definition) is 2. The lowest BCUT2D eigenvalue weighted by atomic mass is 10.2. The van der Waals surface area contributed by atoms with Gasteiger partial charge in [0.25, 0.3) is 5.56 Å². The van der Waals surface area contributed by atoms with E-state index in [1.54, 1.807) is 11.3 Å². The first-order chi connectivity index (χ1) is 10.6. The van der Waals surface area contributed by atoms with Crippen LogP contribution in [0, 0.1) is 0 Å². The summed E-state index contributed by atoms with van der Waals surface area (Å²) in [5.41, 5.74) is 0.829. The summed E-state index contributed by atoms with van der Waals surface area (Å²) in [5, 5.41) is 7.92. The third kappa shape index (κ3) is 3.23. The molecular weight excluding hydrogens is 338 g/mol. The van der Waals surface area contributed by atoms with Gasteiger partial charge in [-0.1, -0.05) is 17.8 Å². The van der Waals surface area contributed by atoms with Gasteiger partial charge in [-0.05, 0) is 11.4 Å². The number of nitrogens with one attached hydrogen (secondary N) is 2. The van der Waals surface area contributed by atoms with E-state index in [1.807, 2.05) is 22.9 Å². The summed E-state index contributed by atoms with van der Waals surface area (Å²) >= 11 is 4.51. The highest BCUT2D eigenvalue weighted by Crippen LogP contribution is 2.33. The van der Waals surface area contributed by atoms with Crippen LogP contribution in [0.15, 0.2) is 32.8 Å². The van der Waals surface area contributed by atoms with Crippen molar-refractivity contribution in [2.24, 2.45) is 0 Å². The maximum Gasteiger partial charge on any atom is 0.260 e. The molecule has 3 aromatic rings. The minimum absolute atomic E-state index is 0.0589. The molecule has 3 rings (SSSR count). The molecule has 1 amide bonds. The first kappa shape index (κ1) is 15.3. The topological polar surface area (TPSA) is 74.8 Å². The van der Waals surface area contributed by atoms with E-state index in [9.17, 15) is 9.59 Å². The van der Waals surface area contributed by atoms with Crippen LogP contribution in [0.1, 0.15) is 6.92 Å². The number of amides is 1. The fourth-order valence-electron chi connectivity index (χ4n) is 1.99. The molecule has 2 N–H and O–H groups in total. The third-order valence-corrected chi connectivity index (χ3v) is 5.57. The van der Waals surface area contributed by atoms with E-state index in [2.05, 4.69) is 15.3 Å². The van der Waals surface area contributed by atoms with Gasteiger partial charge in [-0.25, -0.2) is 4.98 Å². The molecule has 0 aliphatic heterocycles. The second-order valence-corrected chi connectivity index (χ2v) is 7.40. The predicted molar refractivity (Wildman–Crippen MR) is 93.0 cm³/mol. The second-order valence-electron chi connectivity index (χ2n) is 4.51. The summed E-state index contributed by atoms with van der Waals surface area (Å²) in [6.45, 7) is 2.03. The molecule has 0 bridgehead atoms. The van der Waals surface area contributed by atoms with E-state index in [4.69, 9.17) is 0 Å². The highest BCUT2D eigenvalue weighted by molar-refractivity contribution is 7.99.